The van der Waals surface area contributed by atoms with Crippen LogP contribution in [0.15, 0.2) is 70.0 Å². The van der Waals surface area contributed by atoms with E-state index in [2.05, 4.69) is 10.2 Å². The number of azo groups is 1. The standard InChI is InChI=1S/C18H17N3O2S/c1-23-16-7-4-14(5-8-16)6-9-18(22)21(15-11-19-20-12-15)13-17-3-2-10-24-17/h2-11H,12-13H2,1H3/b9-6+. The van der Waals surface area contributed by atoms with Crippen molar-refractivity contribution in [1.82, 2.24) is 4.90 Å². The predicted octanol–water partition coefficient (Wildman–Crippen LogP) is 4.11. The average molecular weight is 339 g/mol. The van der Waals surface area contributed by atoms with E-state index < -0.39 is 0 Å². The van der Waals surface area contributed by atoms with Crippen molar-refractivity contribution in [1.29, 1.82) is 0 Å². The van der Waals surface area contributed by atoms with Gasteiger partial charge in [-0.15, -0.1) is 11.3 Å². The number of benzene rings is 1. The fourth-order valence-electron chi connectivity index (χ4n) is 2.27. The fourth-order valence-corrected chi connectivity index (χ4v) is 2.96. The molecule has 0 saturated heterocycles. The van der Waals surface area contributed by atoms with E-state index in [1.165, 1.54) is 0 Å². The summed E-state index contributed by atoms with van der Waals surface area (Å²) in [7, 11) is 1.63. The highest BCUT2D eigenvalue weighted by atomic mass is 32.1. The van der Waals surface area contributed by atoms with Crippen LogP contribution in [0.2, 0.25) is 0 Å². The molecule has 0 radical (unpaired) electrons. The highest BCUT2D eigenvalue weighted by molar-refractivity contribution is 7.09. The van der Waals surface area contributed by atoms with Crippen LogP contribution in [0.25, 0.3) is 6.08 Å². The van der Waals surface area contributed by atoms with Gasteiger partial charge in [-0.2, -0.15) is 10.2 Å². The summed E-state index contributed by atoms with van der Waals surface area (Å²) in [6, 6.07) is 11.5. The highest BCUT2D eigenvalue weighted by Gasteiger charge is 2.18. The van der Waals surface area contributed by atoms with Crippen molar-refractivity contribution < 1.29 is 9.53 Å². The van der Waals surface area contributed by atoms with E-state index in [-0.39, 0.29) is 5.91 Å². The van der Waals surface area contributed by atoms with Crippen molar-refractivity contribution in [2.45, 2.75) is 6.54 Å². The number of rotatable bonds is 6. The molecule has 0 unspecified atom stereocenters. The minimum absolute atomic E-state index is 0.0854. The molecule has 6 heteroatoms. The van der Waals surface area contributed by atoms with Gasteiger partial charge in [0.25, 0.3) is 5.91 Å². The predicted molar refractivity (Wildman–Crippen MR) is 94.7 cm³/mol. The van der Waals surface area contributed by atoms with Crippen molar-refractivity contribution in [3.8, 4) is 5.75 Å². The van der Waals surface area contributed by atoms with E-state index >= 15 is 0 Å². The molecule has 1 aromatic heterocycles. The van der Waals surface area contributed by atoms with Crippen molar-refractivity contribution in [2.24, 2.45) is 10.2 Å². The van der Waals surface area contributed by atoms with Crippen LogP contribution >= 0.6 is 11.3 Å². The number of hydrogen-bond donors (Lipinski definition) is 0. The third kappa shape index (κ3) is 3.97. The molecular formula is C18H17N3O2S. The lowest BCUT2D eigenvalue weighted by atomic mass is 10.2. The van der Waals surface area contributed by atoms with Gasteiger partial charge in [0.1, 0.15) is 12.3 Å². The summed E-state index contributed by atoms with van der Waals surface area (Å²) in [5.41, 5.74) is 1.75. The molecule has 0 fully saturated rings. The molecule has 0 saturated carbocycles. The molecule has 5 nitrogen and oxygen atoms in total. The van der Waals surface area contributed by atoms with Crippen molar-refractivity contribution in [2.75, 3.05) is 13.7 Å². The maximum absolute atomic E-state index is 12.6. The Morgan fingerprint density at radius 3 is 2.79 bits per heavy atom. The SMILES string of the molecule is COc1ccc(/C=C/C(=O)N(Cc2cccs2)C2=CN=NC2)cc1. The number of methoxy groups -OCH3 is 1. The van der Waals surface area contributed by atoms with Gasteiger partial charge in [-0.05, 0) is 35.2 Å². The molecule has 2 heterocycles. The minimum Gasteiger partial charge on any atom is -0.497 e. The maximum atomic E-state index is 12.6. The third-order valence-corrected chi connectivity index (χ3v) is 4.42. The Balaban J connectivity index is 1.73. The monoisotopic (exact) mass is 339 g/mol. The molecule has 0 N–H and O–H groups in total. The van der Waals surface area contributed by atoms with Gasteiger partial charge in [0.15, 0.2) is 0 Å². The lowest BCUT2D eigenvalue weighted by molar-refractivity contribution is -0.124. The van der Waals surface area contributed by atoms with Gasteiger partial charge in [-0.1, -0.05) is 18.2 Å². The Bertz CT molecular complexity index is 777. The lowest BCUT2D eigenvalue weighted by Crippen LogP contribution is -2.28. The quantitative estimate of drug-likeness (QED) is 0.744. The molecule has 1 aliphatic rings. The van der Waals surface area contributed by atoms with E-state index in [0.29, 0.717) is 13.1 Å². The van der Waals surface area contributed by atoms with Crippen molar-refractivity contribution in [3.63, 3.8) is 0 Å². The molecule has 24 heavy (non-hydrogen) atoms. The average Bonchev–Trinajstić information content (AvgIpc) is 3.31. The molecule has 0 atom stereocenters. The van der Waals surface area contributed by atoms with Crippen LogP contribution < -0.4 is 4.74 Å². The second-order valence-electron chi connectivity index (χ2n) is 5.15. The van der Waals surface area contributed by atoms with Crippen LogP contribution in [0.4, 0.5) is 0 Å². The third-order valence-electron chi connectivity index (χ3n) is 3.56. The van der Waals surface area contributed by atoms with Crippen LogP contribution in [0.3, 0.4) is 0 Å². The minimum atomic E-state index is -0.0854. The number of ether oxygens (including phenoxy) is 1. The Hall–Kier alpha value is -2.73. The van der Waals surface area contributed by atoms with Crippen LogP contribution in [0.5, 0.6) is 5.75 Å². The largest absolute Gasteiger partial charge is 0.497 e. The normalized spacial score (nSPS) is 13.3. The van der Waals surface area contributed by atoms with Crippen molar-refractivity contribution >= 4 is 23.3 Å². The topological polar surface area (TPSA) is 54.3 Å². The summed E-state index contributed by atoms with van der Waals surface area (Å²) in [5, 5.41) is 9.81. The van der Waals surface area contributed by atoms with Gasteiger partial charge in [-0.3, -0.25) is 4.79 Å². The van der Waals surface area contributed by atoms with E-state index in [1.807, 2.05) is 41.8 Å². The summed E-state index contributed by atoms with van der Waals surface area (Å²) >= 11 is 1.63. The maximum Gasteiger partial charge on any atom is 0.251 e. The first kappa shape index (κ1) is 16.1. The molecule has 1 aromatic carbocycles. The molecule has 0 bridgehead atoms. The molecule has 1 aliphatic heterocycles. The highest BCUT2D eigenvalue weighted by Crippen LogP contribution is 2.19. The van der Waals surface area contributed by atoms with Gasteiger partial charge in [0, 0.05) is 11.0 Å². The first-order valence-corrected chi connectivity index (χ1v) is 8.36. The van der Waals surface area contributed by atoms with Gasteiger partial charge < -0.3 is 9.64 Å². The molecule has 122 valence electrons. The van der Waals surface area contributed by atoms with Crippen LogP contribution in [-0.4, -0.2) is 24.5 Å². The van der Waals surface area contributed by atoms with Crippen molar-refractivity contribution in [3.05, 3.63) is 70.2 Å². The van der Waals surface area contributed by atoms with Crippen LogP contribution in [0.1, 0.15) is 10.4 Å². The van der Waals surface area contributed by atoms with E-state index in [0.717, 1.165) is 21.9 Å². The summed E-state index contributed by atoms with van der Waals surface area (Å²) < 4.78 is 5.13. The van der Waals surface area contributed by atoms with Crippen LogP contribution in [-0.2, 0) is 11.3 Å². The smallest absolute Gasteiger partial charge is 0.251 e. The molecule has 2 aromatic rings. The Kier molecular flexibility index (Phi) is 5.18. The number of carbonyl (C=O) groups is 1. The zero-order valence-electron chi connectivity index (χ0n) is 13.3. The molecule has 0 spiro atoms. The number of carbonyl (C=O) groups excluding carboxylic acids is 1. The van der Waals surface area contributed by atoms with Gasteiger partial charge in [0.2, 0.25) is 0 Å². The number of amides is 1. The first-order valence-electron chi connectivity index (χ1n) is 7.48. The van der Waals surface area contributed by atoms with Gasteiger partial charge in [0.05, 0.1) is 25.6 Å². The zero-order chi connectivity index (χ0) is 16.8. The number of nitrogens with zero attached hydrogens (tertiary/aromatic N) is 3. The summed E-state index contributed by atoms with van der Waals surface area (Å²) in [6.45, 7) is 0.966. The fraction of sp³-hybridized carbons (Fsp3) is 0.167. The summed E-state index contributed by atoms with van der Waals surface area (Å²) in [5.74, 6) is 0.704. The molecule has 0 aliphatic carbocycles. The van der Waals surface area contributed by atoms with Gasteiger partial charge in [-0.25, -0.2) is 0 Å². The van der Waals surface area contributed by atoms with Gasteiger partial charge >= 0.3 is 0 Å². The molecular weight excluding hydrogens is 322 g/mol. The Morgan fingerprint density at radius 2 is 2.17 bits per heavy atom. The zero-order valence-corrected chi connectivity index (χ0v) is 14.1. The molecule has 1 amide bonds. The second-order valence-corrected chi connectivity index (χ2v) is 6.18. The Labute approximate surface area is 144 Å². The Morgan fingerprint density at radius 1 is 1.33 bits per heavy atom. The second kappa shape index (κ2) is 7.70. The molecule has 3 rings (SSSR count). The number of hydrogen-bond acceptors (Lipinski definition) is 5. The number of thiophene rings is 1. The van der Waals surface area contributed by atoms with E-state index in [1.54, 1.807) is 41.7 Å². The first-order chi connectivity index (χ1) is 11.8. The summed E-state index contributed by atoms with van der Waals surface area (Å²) in [4.78, 5) is 15.5. The van der Waals surface area contributed by atoms with Crippen LogP contribution in [0, 0.1) is 0 Å². The summed E-state index contributed by atoms with van der Waals surface area (Å²) in [6.07, 6.45) is 5.02. The lowest BCUT2D eigenvalue weighted by Gasteiger charge is -2.20. The van der Waals surface area contributed by atoms with E-state index in [9.17, 15) is 4.79 Å². The van der Waals surface area contributed by atoms with E-state index in [4.69, 9.17) is 4.74 Å².